The molecule has 0 saturated carbocycles. The third-order valence-electron chi connectivity index (χ3n) is 4.13. The van der Waals surface area contributed by atoms with E-state index in [1.54, 1.807) is 6.20 Å². The van der Waals surface area contributed by atoms with E-state index >= 15 is 0 Å². The number of halogens is 1. The van der Waals surface area contributed by atoms with Crippen molar-refractivity contribution in [1.82, 2.24) is 20.0 Å². The first-order chi connectivity index (χ1) is 9.65. The van der Waals surface area contributed by atoms with Crippen molar-refractivity contribution in [3.05, 3.63) is 17.4 Å². The van der Waals surface area contributed by atoms with E-state index in [0.717, 1.165) is 39.0 Å². The van der Waals surface area contributed by atoms with Gasteiger partial charge in [0, 0.05) is 32.4 Å². The molecule has 2 fully saturated rings. The van der Waals surface area contributed by atoms with Crippen LogP contribution in [0.15, 0.2) is 12.4 Å². The molecule has 2 aliphatic rings. The topological polar surface area (TPSA) is 59.4 Å². The van der Waals surface area contributed by atoms with Gasteiger partial charge in [-0.15, -0.1) is 0 Å². The monoisotopic (exact) mass is 298 g/mol. The lowest BCUT2D eigenvalue weighted by Gasteiger charge is -2.43. The zero-order valence-electron chi connectivity index (χ0n) is 11.3. The summed E-state index contributed by atoms with van der Waals surface area (Å²) in [5.41, 5.74) is -0.139. The number of piperidine rings is 1. The number of hydrogen-bond acceptors (Lipinski definition) is 4. The van der Waals surface area contributed by atoms with Crippen LogP contribution in [0.4, 0.5) is 0 Å². The standard InChI is InChI=1S/C13H19ClN4O2/c14-11-7-16-18(8-11)6-5-17-3-1-13(2-4-17)10-15-12(19)9-20-13/h7-8H,1-6,9-10H2,(H,15,19). The number of hydrogen-bond donors (Lipinski definition) is 1. The van der Waals surface area contributed by atoms with Crippen LogP contribution < -0.4 is 5.32 Å². The summed E-state index contributed by atoms with van der Waals surface area (Å²) in [6.07, 6.45) is 5.43. The lowest BCUT2D eigenvalue weighted by Crippen LogP contribution is -2.57. The Morgan fingerprint density at radius 2 is 2.20 bits per heavy atom. The molecule has 6 nitrogen and oxygen atoms in total. The minimum absolute atomic E-state index is 0.00591. The number of aromatic nitrogens is 2. The first-order valence-electron chi connectivity index (χ1n) is 6.96. The van der Waals surface area contributed by atoms with Crippen molar-refractivity contribution in [2.24, 2.45) is 0 Å². The Morgan fingerprint density at radius 1 is 1.40 bits per heavy atom. The molecule has 7 heteroatoms. The van der Waals surface area contributed by atoms with Crippen LogP contribution in [-0.2, 0) is 16.1 Å². The van der Waals surface area contributed by atoms with Crippen molar-refractivity contribution < 1.29 is 9.53 Å². The lowest BCUT2D eigenvalue weighted by atomic mass is 9.90. The van der Waals surface area contributed by atoms with Crippen LogP contribution in [-0.4, -0.2) is 59.0 Å². The average molecular weight is 299 g/mol. The van der Waals surface area contributed by atoms with E-state index in [0.29, 0.717) is 11.6 Å². The summed E-state index contributed by atoms with van der Waals surface area (Å²) in [5.74, 6) is -0.00591. The molecule has 2 aliphatic heterocycles. The molecule has 0 atom stereocenters. The second kappa shape index (κ2) is 5.71. The number of rotatable bonds is 3. The van der Waals surface area contributed by atoms with E-state index < -0.39 is 0 Å². The molecule has 1 aromatic rings. The number of nitrogens with zero attached hydrogens (tertiary/aromatic N) is 3. The number of ether oxygens (including phenoxy) is 1. The molecule has 20 heavy (non-hydrogen) atoms. The Bertz CT molecular complexity index is 470. The van der Waals surface area contributed by atoms with Gasteiger partial charge >= 0.3 is 0 Å². The molecule has 1 spiro atoms. The van der Waals surface area contributed by atoms with Gasteiger partial charge in [0.15, 0.2) is 0 Å². The number of morpholine rings is 1. The minimum atomic E-state index is -0.139. The maximum absolute atomic E-state index is 11.1. The fourth-order valence-corrected chi connectivity index (χ4v) is 2.95. The SMILES string of the molecule is O=C1COC2(CCN(CCn3cc(Cl)cn3)CC2)CN1. The molecular weight excluding hydrogens is 280 g/mol. The molecule has 3 rings (SSSR count). The van der Waals surface area contributed by atoms with Crippen LogP contribution in [0.1, 0.15) is 12.8 Å². The van der Waals surface area contributed by atoms with E-state index in [1.807, 2.05) is 10.9 Å². The number of nitrogens with one attached hydrogen (secondary N) is 1. The number of amides is 1. The Labute approximate surface area is 123 Å². The molecule has 0 unspecified atom stereocenters. The van der Waals surface area contributed by atoms with E-state index in [-0.39, 0.29) is 18.1 Å². The number of carbonyl (C=O) groups is 1. The van der Waals surface area contributed by atoms with Gasteiger partial charge in [-0.05, 0) is 12.8 Å². The number of likely N-dealkylation sites (tertiary alicyclic amines) is 1. The predicted molar refractivity (Wildman–Crippen MR) is 74.6 cm³/mol. The highest BCUT2D eigenvalue weighted by Crippen LogP contribution is 2.27. The molecule has 3 heterocycles. The van der Waals surface area contributed by atoms with Gasteiger partial charge < -0.3 is 15.0 Å². The normalized spacial score (nSPS) is 22.9. The van der Waals surface area contributed by atoms with Gasteiger partial charge in [-0.1, -0.05) is 11.6 Å². The van der Waals surface area contributed by atoms with Gasteiger partial charge in [0.05, 0.1) is 23.4 Å². The van der Waals surface area contributed by atoms with Crippen molar-refractivity contribution in [3.8, 4) is 0 Å². The Kier molecular flexibility index (Phi) is 3.96. The van der Waals surface area contributed by atoms with Crippen LogP contribution in [0.2, 0.25) is 5.02 Å². The Hall–Kier alpha value is -1.11. The first-order valence-corrected chi connectivity index (χ1v) is 7.34. The summed E-state index contributed by atoms with van der Waals surface area (Å²) in [6, 6.07) is 0. The second-order valence-corrected chi connectivity index (χ2v) is 5.95. The van der Waals surface area contributed by atoms with Crippen LogP contribution in [0.3, 0.4) is 0 Å². The van der Waals surface area contributed by atoms with E-state index in [1.165, 1.54) is 0 Å². The van der Waals surface area contributed by atoms with E-state index in [9.17, 15) is 4.79 Å². The minimum Gasteiger partial charge on any atom is -0.363 e. The van der Waals surface area contributed by atoms with Crippen LogP contribution in [0.25, 0.3) is 0 Å². The molecule has 0 aliphatic carbocycles. The van der Waals surface area contributed by atoms with Crippen LogP contribution in [0, 0.1) is 0 Å². The third kappa shape index (κ3) is 3.13. The highest BCUT2D eigenvalue weighted by atomic mass is 35.5. The average Bonchev–Trinajstić information content (AvgIpc) is 2.88. The largest absolute Gasteiger partial charge is 0.363 e. The van der Waals surface area contributed by atoms with Crippen molar-refractivity contribution in [3.63, 3.8) is 0 Å². The zero-order chi connectivity index (χ0) is 14.0. The predicted octanol–water partition coefficient (Wildman–Crippen LogP) is 0.517. The molecule has 0 bridgehead atoms. The summed E-state index contributed by atoms with van der Waals surface area (Å²) >= 11 is 5.84. The second-order valence-electron chi connectivity index (χ2n) is 5.51. The van der Waals surface area contributed by atoms with Gasteiger partial charge in [-0.2, -0.15) is 5.10 Å². The fraction of sp³-hybridized carbons (Fsp3) is 0.692. The molecular formula is C13H19ClN4O2. The van der Waals surface area contributed by atoms with Gasteiger partial charge in [0.25, 0.3) is 0 Å². The molecule has 110 valence electrons. The van der Waals surface area contributed by atoms with Crippen molar-refractivity contribution >= 4 is 17.5 Å². The summed E-state index contributed by atoms with van der Waals surface area (Å²) in [5, 5.41) is 7.76. The van der Waals surface area contributed by atoms with Gasteiger partial charge in [0.1, 0.15) is 6.61 Å². The van der Waals surface area contributed by atoms with E-state index in [2.05, 4.69) is 15.3 Å². The first kappa shape index (κ1) is 13.9. The molecule has 1 aromatic heterocycles. The third-order valence-corrected chi connectivity index (χ3v) is 4.33. The Morgan fingerprint density at radius 3 is 2.80 bits per heavy atom. The molecule has 2 saturated heterocycles. The summed E-state index contributed by atoms with van der Waals surface area (Å²) in [7, 11) is 0. The maximum atomic E-state index is 11.1. The quantitative estimate of drug-likeness (QED) is 0.884. The van der Waals surface area contributed by atoms with Gasteiger partial charge in [-0.25, -0.2) is 0 Å². The lowest BCUT2D eigenvalue weighted by molar-refractivity contribution is -0.150. The highest BCUT2D eigenvalue weighted by Gasteiger charge is 2.38. The highest BCUT2D eigenvalue weighted by molar-refractivity contribution is 6.30. The van der Waals surface area contributed by atoms with Crippen molar-refractivity contribution in [1.29, 1.82) is 0 Å². The van der Waals surface area contributed by atoms with Gasteiger partial charge in [-0.3, -0.25) is 9.48 Å². The molecule has 1 N–H and O–H groups in total. The molecule has 0 radical (unpaired) electrons. The number of carbonyl (C=O) groups excluding carboxylic acids is 1. The summed E-state index contributed by atoms with van der Waals surface area (Å²) in [4.78, 5) is 13.6. The summed E-state index contributed by atoms with van der Waals surface area (Å²) < 4.78 is 7.62. The van der Waals surface area contributed by atoms with Crippen LogP contribution >= 0.6 is 11.6 Å². The van der Waals surface area contributed by atoms with Crippen LogP contribution in [0.5, 0.6) is 0 Å². The molecule has 0 aromatic carbocycles. The van der Waals surface area contributed by atoms with Crippen molar-refractivity contribution in [2.45, 2.75) is 25.0 Å². The fourth-order valence-electron chi connectivity index (χ4n) is 2.79. The zero-order valence-corrected chi connectivity index (χ0v) is 12.1. The Balaban J connectivity index is 1.45. The molecule has 1 amide bonds. The van der Waals surface area contributed by atoms with Crippen molar-refractivity contribution in [2.75, 3.05) is 32.8 Å². The van der Waals surface area contributed by atoms with Gasteiger partial charge in [0.2, 0.25) is 5.91 Å². The van der Waals surface area contributed by atoms with E-state index in [4.69, 9.17) is 16.3 Å². The smallest absolute Gasteiger partial charge is 0.246 e. The maximum Gasteiger partial charge on any atom is 0.246 e. The summed E-state index contributed by atoms with van der Waals surface area (Å²) in [6.45, 7) is 4.63.